The van der Waals surface area contributed by atoms with Gasteiger partial charge in [-0.1, -0.05) is 0 Å². The van der Waals surface area contributed by atoms with Gasteiger partial charge in [-0.05, 0) is 26.0 Å². The highest BCUT2D eigenvalue weighted by Gasteiger charge is 2.09. The molecular weight excluding hydrogens is 208 g/mol. The number of aromatic carboxylic acids is 1. The van der Waals surface area contributed by atoms with Gasteiger partial charge < -0.3 is 5.11 Å². The predicted octanol–water partition coefficient (Wildman–Crippen LogP) is 0.977. The molecule has 2 aromatic rings. The molecule has 0 bridgehead atoms. The van der Waals surface area contributed by atoms with Gasteiger partial charge in [-0.3, -0.25) is 0 Å². The van der Waals surface area contributed by atoms with E-state index < -0.39 is 5.97 Å². The molecule has 82 valence electrons. The van der Waals surface area contributed by atoms with Crippen LogP contribution < -0.4 is 0 Å². The summed E-state index contributed by atoms with van der Waals surface area (Å²) in [5.74, 6) is 0.767. The van der Waals surface area contributed by atoms with Crippen LogP contribution in [-0.2, 0) is 0 Å². The summed E-state index contributed by atoms with van der Waals surface area (Å²) in [7, 11) is 0. The van der Waals surface area contributed by atoms with Gasteiger partial charge in [0.2, 0.25) is 0 Å². The number of carbonyl (C=O) groups is 1. The first-order valence-electron chi connectivity index (χ1n) is 4.68. The van der Waals surface area contributed by atoms with Gasteiger partial charge >= 0.3 is 5.97 Å². The average molecular weight is 218 g/mol. The number of aromatic nitrogens is 4. The minimum absolute atomic E-state index is 0.178. The highest BCUT2D eigenvalue weighted by molar-refractivity contribution is 5.87. The highest BCUT2D eigenvalue weighted by atomic mass is 16.4. The van der Waals surface area contributed by atoms with Crippen molar-refractivity contribution in [2.24, 2.45) is 0 Å². The second kappa shape index (κ2) is 3.73. The summed E-state index contributed by atoms with van der Waals surface area (Å²) >= 11 is 0. The molecule has 0 unspecified atom stereocenters. The fourth-order valence-corrected chi connectivity index (χ4v) is 1.41. The lowest BCUT2D eigenvalue weighted by Gasteiger charge is -2.02. The molecule has 1 N–H and O–H groups in total. The molecule has 0 saturated heterocycles. The van der Waals surface area contributed by atoms with Crippen LogP contribution in [0.15, 0.2) is 18.3 Å². The molecule has 0 radical (unpaired) electrons. The van der Waals surface area contributed by atoms with E-state index in [0.29, 0.717) is 17.5 Å². The van der Waals surface area contributed by atoms with Crippen molar-refractivity contribution in [1.82, 2.24) is 19.7 Å². The van der Waals surface area contributed by atoms with Gasteiger partial charge in [-0.2, -0.15) is 4.68 Å². The Morgan fingerprint density at radius 3 is 2.75 bits per heavy atom. The molecule has 6 heteroatoms. The number of carboxylic acid groups (broad SMARTS) is 1. The first-order valence-corrected chi connectivity index (χ1v) is 4.68. The standard InChI is InChI=1S/C10H10N4O2/c1-6-12-7(2)14(13-6)9-5-8(10(15)16)3-4-11-9/h3-5H,1-2H3,(H,15,16). The van der Waals surface area contributed by atoms with E-state index in [1.807, 2.05) is 0 Å². The van der Waals surface area contributed by atoms with Gasteiger partial charge in [0.05, 0.1) is 5.56 Å². The number of pyridine rings is 1. The topological polar surface area (TPSA) is 80.9 Å². The number of nitrogens with zero attached hydrogens (tertiary/aromatic N) is 4. The van der Waals surface area contributed by atoms with Gasteiger partial charge in [-0.15, -0.1) is 5.10 Å². The molecule has 0 spiro atoms. The fraction of sp³-hybridized carbons (Fsp3) is 0.200. The maximum Gasteiger partial charge on any atom is 0.335 e. The zero-order valence-corrected chi connectivity index (χ0v) is 8.88. The van der Waals surface area contributed by atoms with Crippen LogP contribution in [0.5, 0.6) is 0 Å². The van der Waals surface area contributed by atoms with Crippen LogP contribution in [0, 0.1) is 13.8 Å². The lowest BCUT2D eigenvalue weighted by atomic mass is 10.2. The summed E-state index contributed by atoms with van der Waals surface area (Å²) < 4.78 is 1.52. The smallest absolute Gasteiger partial charge is 0.335 e. The Bertz CT molecular complexity index is 548. The molecule has 0 saturated carbocycles. The van der Waals surface area contributed by atoms with E-state index >= 15 is 0 Å². The second-order valence-electron chi connectivity index (χ2n) is 3.33. The van der Waals surface area contributed by atoms with E-state index in [-0.39, 0.29) is 5.56 Å². The Kier molecular flexibility index (Phi) is 2.40. The van der Waals surface area contributed by atoms with Crippen LogP contribution in [-0.4, -0.2) is 30.8 Å². The van der Waals surface area contributed by atoms with E-state index in [2.05, 4.69) is 15.1 Å². The maximum absolute atomic E-state index is 10.8. The lowest BCUT2D eigenvalue weighted by Crippen LogP contribution is -2.05. The normalized spacial score (nSPS) is 10.4. The van der Waals surface area contributed by atoms with Crippen LogP contribution in [0.25, 0.3) is 5.82 Å². The van der Waals surface area contributed by atoms with Gasteiger partial charge in [0.25, 0.3) is 0 Å². The van der Waals surface area contributed by atoms with Crippen LogP contribution in [0.4, 0.5) is 0 Å². The second-order valence-corrected chi connectivity index (χ2v) is 3.33. The third-order valence-corrected chi connectivity index (χ3v) is 2.08. The van der Waals surface area contributed by atoms with Crippen molar-refractivity contribution >= 4 is 5.97 Å². The lowest BCUT2D eigenvalue weighted by molar-refractivity contribution is 0.0696. The van der Waals surface area contributed by atoms with Gasteiger partial charge in [-0.25, -0.2) is 14.8 Å². The predicted molar refractivity (Wildman–Crippen MR) is 55.6 cm³/mol. The molecule has 0 atom stereocenters. The van der Waals surface area contributed by atoms with Gasteiger partial charge in [0, 0.05) is 6.20 Å². The van der Waals surface area contributed by atoms with Gasteiger partial charge in [0.1, 0.15) is 11.6 Å². The van der Waals surface area contributed by atoms with E-state index in [4.69, 9.17) is 5.11 Å². The van der Waals surface area contributed by atoms with Crippen LogP contribution in [0.2, 0.25) is 0 Å². The molecule has 16 heavy (non-hydrogen) atoms. The SMILES string of the molecule is Cc1nc(C)n(-c2cc(C(=O)O)ccn2)n1. The summed E-state index contributed by atoms with van der Waals surface area (Å²) in [5, 5.41) is 13.0. The van der Waals surface area contributed by atoms with E-state index in [1.54, 1.807) is 13.8 Å². The first kappa shape index (κ1) is 10.3. The van der Waals surface area contributed by atoms with Crippen molar-refractivity contribution in [1.29, 1.82) is 0 Å². The Labute approximate surface area is 91.6 Å². The van der Waals surface area contributed by atoms with Crippen LogP contribution in [0.3, 0.4) is 0 Å². The molecule has 0 aromatic carbocycles. The minimum Gasteiger partial charge on any atom is -0.478 e. The van der Waals surface area contributed by atoms with Crippen molar-refractivity contribution in [2.45, 2.75) is 13.8 Å². The largest absolute Gasteiger partial charge is 0.478 e. The van der Waals surface area contributed by atoms with Crippen LogP contribution in [0.1, 0.15) is 22.0 Å². The Hall–Kier alpha value is -2.24. The van der Waals surface area contributed by atoms with Crippen molar-refractivity contribution in [2.75, 3.05) is 0 Å². The molecule has 6 nitrogen and oxygen atoms in total. The molecular formula is C10H10N4O2. The van der Waals surface area contributed by atoms with E-state index in [9.17, 15) is 4.79 Å². The zero-order chi connectivity index (χ0) is 11.7. The summed E-state index contributed by atoms with van der Waals surface area (Å²) in [4.78, 5) is 19.0. The molecule has 0 aliphatic heterocycles. The average Bonchev–Trinajstić information content (AvgIpc) is 2.58. The molecule has 0 amide bonds. The van der Waals surface area contributed by atoms with E-state index in [1.165, 1.54) is 23.0 Å². The Morgan fingerprint density at radius 2 is 2.19 bits per heavy atom. The molecule has 0 aliphatic carbocycles. The zero-order valence-electron chi connectivity index (χ0n) is 8.88. The summed E-state index contributed by atoms with van der Waals surface area (Å²) in [6, 6.07) is 2.90. The number of aryl methyl sites for hydroxylation is 2. The maximum atomic E-state index is 10.8. The number of hydrogen-bond acceptors (Lipinski definition) is 4. The van der Waals surface area contributed by atoms with Crippen molar-refractivity contribution < 1.29 is 9.90 Å². The van der Waals surface area contributed by atoms with Crippen LogP contribution >= 0.6 is 0 Å². The number of hydrogen-bond donors (Lipinski definition) is 1. The van der Waals surface area contributed by atoms with Crippen molar-refractivity contribution in [3.05, 3.63) is 35.5 Å². The molecule has 0 fully saturated rings. The third-order valence-electron chi connectivity index (χ3n) is 2.08. The summed E-state index contributed by atoms with van der Waals surface area (Å²) in [6.07, 6.45) is 1.44. The fourth-order valence-electron chi connectivity index (χ4n) is 1.41. The number of rotatable bonds is 2. The minimum atomic E-state index is -0.988. The molecule has 0 aliphatic rings. The number of carboxylic acids is 1. The monoisotopic (exact) mass is 218 g/mol. The van der Waals surface area contributed by atoms with Crippen molar-refractivity contribution in [3.63, 3.8) is 0 Å². The van der Waals surface area contributed by atoms with Gasteiger partial charge in [0.15, 0.2) is 5.82 Å². The summed E-state index contributed by atoms with van der Waals surface area (Å²) in [5.41, 5.74) is 0.178. The third kappa shape index (κ3) is 1.77. The first-order chi connectivity index (χ1) is 7.58. The molecule has 2 aromatic heterocycles. The quantitative estimate of drug-likeness (QED) is 0.812. The molecule has 2 rings (SSSR count). The summed E-state index contributed by atoms with van der Waals surface area (Å²) in [6.45, 7) is 3.56. The van der Waals surface area contributed by atoms with E-state index in [0.717, 1.165) is 0 Å². The Balaban J connectivity index is 2.52. The highest BCUT2D eigenvalue weighted by Crippen LogP contribution is 2.08. The molecule has 2 heterocycles. The van der Waals surface area contributed by atoms with Crippen molar-refractivity contribution in [3.8, 4) is 5.82 Å². The Morgan fingerprint density at radius 1 is 1.44 bits per heavy atom.